The molecule has 0 aromatic carbocycles. The van der Waals surface area contributed by atoms with Gasteiger partial charge in [-0.2, -0.15) is 0 Å². The third-order valence-corrected chi connectivity index (χ3v) is 12.6. The van der Waals surface area contributed by atoms with Crippen LogP contribution in [0.3, 0.4) is 0 Å². The Hall–Kier alpha value is -0.933. The third-order valence-electron chi connectivity index (χ3n) is 5.96. The van der Waals surface area contributed by atoms with Crippen molar-refractivity contribution in [2.24, 2.45) is 5.73 Å². The Morgan fingerprint density at radius 1 is 1.21 bits per heavy atom. The van der Waals surface area contributed by atoms with E-state index in [0.717, 1.165) is 18.1 Å². The van der Waals surface area contributed by atoms with Gasteiger partial charge < -0.3 is 10.8 Å². The quantitative estimate of drug-likeness (QED) is 0.331. The number of alkyl halides is 3. The van der Waals surface area contributed by atoms with Gasteiger partial charge in [0.05, 0.1) is 31.8 Å². The molecule has 1 rings (SSSR count). The number of aryl methyl sites for hydroxylation is 1. The Morgan fingerprint density at radius 2 is 1.79 bits per heavy atom. The van der Waals surface area contributed by atoms with Crippen molar-refractivity contribution >= 4 is 29.9 Å². The minimum Gasteiger partial charge on any atom is -0.395 e. The first-order chi connectivity index (χ1) is 13.2. The van der Waals surface area contributed by atoms with Gasteiger partial charge in [-0.25, -0.2) is 18.2 Å². The zero-order valence-electron chi connectivity index (χ0n) is 16.6. The maximum atomic E-state index is 15.2. The Labute approximate surface area is 174 Å². The number of aromatic nitrogens is 1. The maximum Gasteiger partial charge on any atom is 0.249 e. The molecule has 3 atom stereocenters. The van der Waals surface area contributed by atoms with E-state index in [-0.39, 0.29) is 18.5 Å². The molecule has 1 heterocycles. The van der Waals surface area contributed by atoms with E-state index in [1.807, 2.05) is 20.8 Å². The molecule has 1 amide bonds. The highest BCUT2D eigenvalue weighted by atomic mass is 79.9. The van der Waals surface area contributed by atoms with Crippen LogP contribution in [0.1, 0.15) is 44.4 Å². The molecule has 0 aliphatic rings. The molecule has 4 nitrogen and oxygen atoms in total. The first kappa shape index (κ1) is 25.1. The fourth-order valence-electron chi connectivity index (χ4n) is 4.03. The van der Waals surface area contributed by atoms with Gasteiger partial charge in [-0.3, -0.25) is 4.79 Å². The number of rotatable bonds is 12. The van der Waals surface area contributed by atoms with E-state index in [1.165, 1.54) is 0 Å². The number of amides is 1. The van der Waals surface area contributed by atoms with E-state index in [0.29, 0.717) is 10.2 Å². The number of nitrogens with two attached hydrogens (primary N) is 1. The van der Waals surface area contributed by atoms with Gasteiger partial charge in [0.1, 0.15) is 10.8 Å². The van der Waals surface area contributed by atoms with Crippen LogP contribution >= 0.6 is 15.9 Å². The van der Waals surface area contributed by atoms with Crippen molar-refractivity contribution in [3.8, 4) is 0 Å². The van der Waals surface area contributed by atoms with Crippen LogP contribution in [-0.2, 0) is 11.2 Å². The fourth-order valence-corrected chi connectivity index (χ4v) is 8.71. The topological polar surface area (TPSA) is 76.2 Å². The first-order valence-electron chi connectivity index (χ1n) is 9.65. The Balaban J connectivity index is 3.11. The normalized spacial score (nSPS) is 15.5. The molecule has 0 spiro atoms. The lowest BCUT2D eigenvalue weighted by molar-refractivity contribution is -0.119. The number of halogens is 4. The van der Waals surface area contributed by atoms with E-state index < -0.39 is 44.6 Å². The molecule has 2 unspecified atom stereocenters. The molecule has 0 saturated carbocycles. The monoisotopic (exact) mass is 482 g/mol. The molecule has 1 aromatic heterocycles. The largest absolute Gasteiger partial charge is 0.395 e. The predicted octanol–water partition coefficient (Wildman–Crippen LogP) is 4.82. The summed E-state index contributed by atoms with van der Waals surface area (Å²) in [6.07, 6.45) is -4.07. The van der Waals surface area contributed by atoms with Gasteiger partial charge in [0.2, 0.25) is 12.3 Å². The van der Waals surface area contributed by atoms with Crippen molar-refractivity contribution in [2.75, 3.05) is 6.61 Å². The van der Waals surface area contributed by atoms with Crippen LogP contribution in [0.2, 0.25) is 23.7 Å². The highest BCUT2D eigenvalue weighted by Crippen LogP contribution is 2.39. The van der Waals surface area contributed by atoms with Crippen molar-refractivity contribution in [3.63, 3.8) is 0 Å². The second-order valence-corrected chi connectivity index (χ2v) is 13.4. The molecule has 0 fully saturated rings. The molecule has 9 heteroatoms. The van der Waals surface area contributed by atoms with Gasteiger partial charge in [0, 0.05) is 0 Å². The Kier molecular flexibility index (Phi) is 10.1. The fraction of sp³-hybridized carbons (Fsp3) is 0.684. The summed E-state index contributed by atoms with van der Waals surface area (Å²) in [4.78, 5) is 16.2. The summed E-state index contributed by atoms with van der Waals surface area (Å²) in [6, 6.07) is 5.49. The minimum atomic E-state index is -2.79. The number of hydrogen-bond donors (Lipinski definition) is 2. The van der Waals surface area contributed by atoms with Crippen molar-refractivity contribution in [1.29, 1.82) is 0 Å². The molecule has 0 radical (unpaired) electrons. The minimum absolute atomic E-state index is 0.0000553. The van der Waals surface area contributed by atoms with E-state index in [2.05, 4.69) is 20.9 Å². The van der Waals surface area contributed by atoms with E-state index >= 15 is 4.39 Å². The summed E-state index contributed by atoms with van der Waals surface area (Å²) in [6.45, 7) is 5.18. The number of primary amides is 1. The van der Waals surface area contributed by atoms with Crippen LogP contribution in [0.4, 0.5) is 13.2 Å². The van der Waals surface area contributed by atoms with Crippen LogP contribution in [0.15, 0.2) is 16.7 Å². The summed E-state index contributed by atoms with van der Waals surface area (Å²) in [7, 11) is -2.21. The van der Waals surface area contributed by atoms with Gasteiger partial charge in [-0.1, -0.05) is 45.0 Å². The Morgan fingerprint density at radius 3 is 2.21 bits per heavy atom. The van der Waals surface area contributed by atoms with Gasteiger partial charge in [-0.15, -0.1) is 0 Å². The van der Waals surface area contributed by atoms with Crippen molar-refractivity contribution < 1.29 is 23.1 Å². The smallest absolute Gasteiger partial charge is 0.249 e. The molecule has 3 N–H and O–H groups in total. The molecule has 0 aliphatic heterocycles. The maximum absolute atomic E-state index is 15.2. The molecule has 28 heavy (non-hydrogen) atoms. The highest BCUT2D eigenvalue weighted by Gasteiger charge is 2.44. The average Bonchev–Trinajstić information content (AvgIpc) is 2.65. The van der Waals surface area contributed by atoms with E-state index in [9.17, 15) is 18.7 Å². The van der Waals surface area contributed by atoms with Gasteiger partial charge in [0.15, 0.2) is 0 Å². The summed E-state index contributed by atoms with van der Waals surface area (Å²) < 4.78 is 42.1. The summed E-state index contributed by atoms with van der Waals surface area (Å²) in [5, 5.41) is 9.34. The van der Waals surface area contributed by atoms with Crippen molar-refractivity contribution in [2.45, 2.75) is 75.8 Å². The molecule has 0 bridgehead atoms. The van der Waals surface area contributed by atoms with Crippen LogP contribution in [0.25, 0.3) is 0 Å². The summed E-state index contributed by atoms with van der Waals surface area (Å²) >= 11 is 3.15. The van der Waals surface area contributed by atoms with Gasteiger partial charge >= 0.3 is 0 Å². The molecule has 1 aromatic rings. The zero-order chi connectivity index (χ0) is 21.5. The van der Waals surface area contributed by atoms with Gasteiger partial charge in [-0.05, 0) is 40.4 Å². The average molecular weight is 483 g/mol. The SMILES string of the molecule is CC[Si](CC)(CC)[C@H](C(N)=O)C(F)CCc1ccc(Br)nc1C(CO)C(F)F. The molecular formula is C19H30BrF3N2O2Si. The predicted molar refractivity (Wildman–Crippen MR) is 111 cm³/mol. The zero-order valence-corrected chi connectivity index (χ0v) is 19.2. The van der Waals surface area contributed by atoms with Crippen LogP contribution in [-0.4, -0.2) is 43.3 Å². The lowest BCUT2D eigenvalue weighted by Crippen LogP contribution is -2.48. The lowest BCUT2D eigenvalue weighted by Gasteiger charge is -2.37. The first-order valence-corrected chi connectivity index (χ1v) is 13.1. The lowest BCUT2D eigenvalue weighted by atomic mass is 9.96. The molecule has 0 saturated heterocycles. The van der Waals surface area contributed by atoms with Crippen molar-refractivity contribution in [1.82, 2.24) is 4.98 Å². The number of carbonyl (C=O) groups is 1. The number of aliphatic hydroxyl groups is 1. The summed E-state index contributed by atoms with van der Waals surface area (Å²) in [5.41, 5.74) is 5.29. The number of carbonyl (C=O) groups excluding carboxylic acids is 1. The third kappa shape index (κ3) is 5.79. The highest BCUT2D eigenvalue weighted by molar-refractivity contribution is 9.10. The molecule has 0 aliphatic carbocycles. The number of pyridine rings is 1. The van der Waals surface area contributed by atoms with Crippen LogP contribution in [0.5, 0.6) is 0 Å². The second-order valence-electron chi connectivity index (χ2n) is 7.16. The van der Waals surface area contributed by atoms with E-state index in [4.69, 9.17) is 5.73 Å². The number of aliphatic hydroxyl groups excluding tert-OH is 1. The molecular weight excluding hydrogens is 453 g/mol. The standard InChI is InChI=1S/C19H30BrF3N2O2Si/c1-4-28(5-2,6-3)17(19(24)27)14(21)9-7-12-8-10-15(20)25-16(12)13(11-26)18(22)23/h8,10,13-14,17-18,26H,4-7,9,11H2,1-3H3,(H2,24,27)/t13?,14?,17-/m0/s1. The van der Waals surface area contributed by atoms with E-state index in [1.54, 1.807) is 12.1 Å². The van der Waals surface area contributed by atoms with Crippen LogP contribution in [0, 0.1) is 0 Å². The van der Waals surface area contributed by atoms with Crippen molar-refractivity contribution in [3.05, 3.63) is 28.0 Å². The second kappa shape index (κ2) is 11.3. The van der Waals surface area contributed by atoms with Crippen LogP contribution < -0.4 is 5.73 Å². The van der Waals surface area contributed by atoms with Gasteiger partial charge in [0.25, 0.3) is 0 Å². The Bertz CT molecular complexity index is 639. The number of hydrogen-bond acceptors (Lipinski definition) is 3. The number of nitrogens with zero attached hydrogens (tertiary/aromatic N) is 1. The molecule has 160 valence electrons. The summed E-state index contributed by atoms with van der Waals surface area (Å²) in [5.74, 6) is -2.05.